The summed E-state index contributed by atoms with van der Waals surface area (Å²) in [6.45, 7) is 0.197. The first-order valence-electron chi connectivity index (χ1n) is 4.91. The molecule has 0 aromatic carbocycles. The van der Waals surface area contributed by atoms with Crippen LogP contribution in [-0.4, -0.2) is 49.3 Å². The predicted octanol–water partition coefficient (Wildman–Crippen LogP) is -0.0467. The molecule has 0 aliphatic carbocycles. The Morgan fingerprint density at radius 3 is 2.53 bits per heavy atom. The first-order chi connectivity index (χ1) is 7.81. The van der Waals surface area contributed by atoms with Crippen molar-refractivity contribution in [2.24, 2.45) is 0 Å². The fraction of sp³-hybridized carbons (Fsp3) is 0.750. The lowest BCUT2D eigenvalue weighted by Crippen LogP contribution is -2.48. The van der Waals surface area contributed by atoms with E-state index in [1.807, 2.05) is 0 Å². The van der Waals surface area contributed by atoms with E-state index in [4.69, 9.17) is 5.11 Å². The highest BCUT2D eigenvalue weighted by Gasteiger charge is 2.34. The lowest BCUT2D eigenvalue weighted by atomic mass is 10.0. The van der Waals surface area contributed by atoms with Gasteiger partial charge in [0.25, 0.3) is 10.1 Å². The Kier molecular flexibility index (Phi) is 4.29. The number of piperidine rings is 1. The van der Waals surface area contributed by atoms with Crippen molar-refractivity contribution in [3.8, 4) is 0 Å². The van der Waals surface area contributed by atoms with Gasteiger partial charge in [-0.15, -0.1) is 0 Å². The van der Waals surface area contributed by atoms with Crippen LogP contribution in [0.3, 0.4) is 0 Å². The largest absolute Gasteiger partial charge is 0.480 e. The number of carboxylic acids is 1. The summed E-state index contributed by atoms with van der Waals surface area (Å²) < 4.78 is 25.1. The second kappa shape index (κ2) is 5.32. The molecule has 0 spiro atoms. The number of aliphatic carboxylic acids is 1. The molecule has 1 heterocycles. The molecular weight excluding hydrogens is 254 g/mol. The summed E-state index contributed by atoms with van der Waals surface area (Å²) in [7, 11) is -3.91. The number of amides is 1. The number of rotatable bonds is 3. The van der Waals surface area contributed by atoms with Crippen LogP contribution in [0.25, 0.3) is 0 Å². The van der Waals surface area contributed by atoms with Crippen molar-refractivity contribution in [2.75, 3.05) is 12.8 Å². The molecule has 1 aliphatic rings. The minimum Gasteiger partial charge on any atom is -0.480 e. The molecule has 1 amide bonds. The zero-order chi connectivity index (χ0) is 13.1. The van der Waals surface area contributed by atoms with Crippen LogP contribution in [0.15, 0.2) is 0 Å². The van der Waals surface area contributed by atoms with Gasteiger partial charge in [0.05, 0.1) is 6.26 Å². The van der Waals surface area contributed by atoms with E-state index in [0.29, 0.717) is 25.5 Å². The van der Waals surface area contributed by atoms with Crippen molar-refractivity contribution < 1.29 is 32.3 Å². The van der Waals surface area contributed by atoms with Crippen LogP contribution in [0.2, 0.25) is 0 Å². The Morgan fingerprint density at radius 1 is 1.35 bits per heavy atom. The SMILES string of the molecule is CS(=O)(=O)OOC(=O)N1CCCCC1C(=O)O. The van der Waals surface area contributed by atoms with Crippen LogP contribution >= 0.6 is 0 Å². The van der Waals surface area contributed by atoms with Crippen molar-refractivity contribution >= 4 is 22.2 Å². The highest BCUT2D eigenvalue weighted by molar-refractivity contribution is 7.85. The first kappa shape index (κ1) is 13.7. The number of carbonyl (C=O) groups excluding carboxylic acids is 1. The van der Waals surface area contributed by atoms with Gasteiger partial charge in [0.2, 0.25) is 0 Å². The third-order valence-corrected chi connectivity index (χ3v) is 2.57. The molecule has 1 saturated heterocycles. The topological polar surface area (TPSA) is 110 Å². The number of hydrogen-bond acceptors (Lipinski definition) is 6. The van der Waals surface area contributed by atoms with Gasteiger partial charge in [0.1, 0.15) is 6.04 Å². The average molecular weight is 267 g/mol. The van der Waals surface area contributed by atoms with Gasteiger partial charge in [0, 0.05) is 6.54 Å². The van der Waals surface area contributed by atoms with Gasteiger partial charge >= 0.3 is 12.1 Å². The maximum Gasteiger partial charge on any atom is 0.443 e. The van der Waals surface area contributed by atoms with Crippen LogP contribution in [0, 0.1) is 0 Å². The molecular formula is C8H13NO7S. The Hall–Kier alpha value is -1.35. The van der Waals surface area contributed by atoms with Crippen LogP contribution in [0.5, 0.6) is 0 Å². The lowest BCUT2D eigenvalue weighted by molar-refractivity contribution is -0.160. The Bertz CT molecular complexity index is 404. The minimum absolute atomic E-state index is 0.197. The molecule has 98 valence electrons. The zero-order valence-corrected chi connectivity index (χ0v) is 9.97. The average Bonchev–Trinajstić information content (AvgIpc) is 2.25. The quantitative estimate of drug-likeness (QED) is 0.564. The summed E-state index contributed by atoms with van der Waals surface area (Å²) in [5.41, 5.74) is 0. The summed E-state index contributed by atoms with van der Waals surface area (Å²) in [5.74, 6) is -1.15. The molecule has 0 bridgehead atoms. The second-order valence-corrected chi connectivity index (χ2v) is 5.21. The van der Waals surface area contributed by atoms with Crippen LogP contribution in [0.1, 0.15) is 19.3 Å². The van der Waals surface area contributed by atoms with E-state index >= 15 is 0 Å². The van der Waals surface area contributed by atoms with Crippen LogP contribution in [-0.2, 0) is 24.1 Å². The van der Waals surface area contributed by atoms with Crippen LogP contribution < -0.4 is 0 Å². The van der Waals surface area contributed by atoms with E-state index in [0.717, 1.165) is 4.90 Å². The summed E-state index contributed by atoms with van der Waals surface area (Å²) >= 11 is 0. The fourth-order valence-electron chi connectivity index (χ4n) is 1.55. The Balaban J connectivity index is 2.62. The summed E-state index contributed by atoms with van der Waals surface area (Å²) in [4.78, 5) is 27.3. The second-order valence-electron chi connectivity index (χ2n) is 3.66. The van der Waals surface area contributed by atoms with Gasteiger partial charge in [-0.3, -0.25) is 9.79 Å². The molecule has 17 heavy (non-hydrogen) atoms. The lowest BCUT2D eigenvalue weighted by Gasteiger charge is -2.30. The first-order valence-corrected chi connectivity index (χ1v) is 6.72. The highest BCUT2D eigenvalue weighted by Crippen LogP contribution is 2.18. The van der Waals surface area contributed by atoms with Crippen molar-refractivity contribution in [1.82, 2.24) is 4.90 Å². The predicted molar refractivity (Wildman–Crippen MR) is 54.4 cm³/mol. The molecule has 1 atom stereocenters. The third-order valence-electron chi connectivity index (χ3n) is 2.25. The van der Waals surface area contributed by atoms with Gasteiger partial charge < -0.3 is 5.11 Å². The number of hydrogen-bond donors (Lipinski definition) is 1. The summed E-state index contributed by atoms with van der Waals surface area (Å²) in [6.07, 6.45) is 1.24. The smallest absolute Gasteiger partial charge is 0.443 e. The Morgan fingerprint density at radius 2 is 2.00 bits per heavy atom. The fourth-order valence-corrected chi connectivity index (χ4v) is 1.73. The third kappa shape index (κ3) is 4.19. The standard InChI is InChI=1S/C8H13NO7S/c1-17(13,14)16-15-8(12)9-5-3-2-4-6(9)7(10)11/h6H,2-5H2,1H3,(H,10,11). The summed E-state index contributed by atoms with van der Waals surface area (Å²) in [5, 5.41) is 8.88. The number of carbonyl (C=O) groups is 2. The monoisotopic (exact) mass is 267 g/mol. The van der Waals surface area contributed by atoms with E-state index in [9.17, 15) is 18.0 Å². The van der Waals surface area contributed by atoms with E-state index in [1.165, 1.54) is 0 Å². The Labute approximate surface area is 98.2 Å². The minimum atomic E-state index is -3.91. The number of likely N-dealkylation sites (tertiary alicyclic amines) is 1. The van der Waals surface area contributed by atoms with Crippen LogP contribution in [0.4, 0.5) is 4.79 Å². The van der Waals surface area contributed by atoms with Gasteiger partial charge in [0.15, 0.2) is 0 Å². The van der Waals surface area contributed by atoms with E-state index in [-0.39, 0.29) is 6.54 Å². The maximum absolute atomic E-state index is 11.4. The molecule has 0 aromatic heterocycles. The van der Waals surface area contributed by atoms with Crippen molar-refractivity contribution in [1.29, 1.82) is 0 Å². The molecule has 0 saturated carbocycles. The number of nitrogens with zero attached hydrogens (tertiary/aromatic N) is 1. The van der Waals surface area contributed by atoms with E-state index in [2.05, 4.69) is 9.22 Å². The zero-order valence-electron chi connectivity index (χ0n) is 9.16. The van der Waals surface area contributed by atoms with E-state index < -0.39 is 28.2 Å². The van der Waals surface area contributed by atoms with Crippen molar-refractivity contribution in [3.05, 3.63) is 0 Å². The molecule has 1 rings (SSSR count). The maximum atomic E-state index is 11.4. The highest BCUT2D eigenvalue weighted by atomic mass is 32.2. The molecule has 1 unspecified atom stereocenters. The van der Waals surface area contributed by atoms with E-state index in [1.54, 1.807) is 0 Å². The summed E-state index contributed by atoms with van der Waals surface area (Å²) in [6, 6.07) is -1.00. The molecule has 1 N–H and O–H groups in total. The van der Waals surface area contributed by atoms with Gasteiger partial charge in [-0.25, -0.2) is 9.59 Å². The van der Waals surface area contributed by atoms with Crippen molar-refractivity contribution in [3.63, 3.8) is 0 Å². The number of carboxylic acid groups (broad SMARTS) is 1. The van der Waals surface area contributed by atoms with Crippen molar-refractivity contribution in [2.45, 2.75) is 25.3 Å². The van der Waals surface area contributed by atoms with Gasteiger partial charge in [-0.2, -0.15) is 8.42 Å². The molecule has 0 aromatic rings. The molecule has 9 heteroatoms. The molecule has 1 fully saturated rings. The normalized spacial score (nSPS) is 21.0. The molecule has 8 nitrogen and oxygen atoms in total. The molecule has 0 radical (unpaired) electrons. The van der Waals surface area contributed by atoms with Gasteiger partial charge in [-0.05, 0) is 19.3 Å². The molecule has 1 aliphatic heterocycles. The van der Waals surface area contributed by atoms with Gasteiger partial charge in [-0.1, -0.05) is 4.33 Å².